The van der Waals surface area contributed by atoms with Gasteiger partial charge in [0.2, 0.25) is 11.8 Å². The molecule has 3 aliphatic heterocycles. The van der Waals surface area contributed by atoms with E-state index >= 15 is 0 Å². The van der Waals surface area contributed by atoms with Crippen LogP contribution in [0.5, 0.6) is 0 Å². The first-order valence-corrected chi connectivity index (χ1v) is 10.8. The van der Waals surface area contributed by atoms with Crippen molar-refractivity contribution in [3.63, 3.8) is 0 Å². The van der Waals surface area contributed by atoms with Gasteiger partial charge in [-0.15, -0.1) is 0 Å². The Bertz CT molecular complexity index is 842. The summed E-state index contributed by atoms with van der Waals surface area (Å²) in [7, 11) is 0. The van der Waals surface area contributed by atoms with Gasteiger partial charge in [0.1, 0.15) is 6.04 Å². The molecule has 2 unspecified atom stereocenters. The SMILES string of the molecule is O=C1CCC(N2Cc3c(CNC4C[C@H]5CNC[C@@H](C4)C5)cccc3C2=O)C(=O)N1. The second-order valence-corrected chi connectivity index (χ2v) is 9.02. The Morgan fingerprint density at radius 3 is 2.62 bits per heavy atom. The molecule has 4 atom stereocenters. The Morgan fingerprint density at radius 2 is 1.86 bits per heavy atom. The van der Waals surface area contributed by atoms with E-state index in [1.165, 1.54) is 19.3 Å². The third-order valence-electron chi connectivity index (χ3n) is 7.03. The Kier molecular flexibility index (Phi) is 4.87. The van der Waals surface area contributed by atoms with Gasteiger partial charge in [-0.2, -0.15) is 0 Å². The Hall–Kier alpha value is -2.25. The van der Waals surface area contributed by atoms with Crippen molar-refractivity contribution in [1.29, 1.82) is 0 Å². The maximum absolute atomic E-state index is 12.9. The summed E-state index contributed by atoms with van der Waals surface area (Å²) in [5, 5.41) is 9.64. The van der Waals surface area contributed by atoms with Crippen LogP contribution in [0, 0.1) is 11.8 Å². The Morgan fingerprint density at radius 1 is 1.07 bits per heavy atom. The number of rotatable bonds is 4. The standard InChI is InChI=1S/C22H28N4O3/c27-20-5-4-19(21(28)25-20)26-12-18-15(2-1-3-17(18)22(26)29)11-24-16-7-13-6-14(8-16)10-23-9-13/h1-3,13-14,16,19,23-24H,4-12H2,(H,25,27,28)/t13-,14+,16?,19?. The highest BCUT2D eigenvalue weighted by Crippen LogP contribution is 2.33. The van der Waals surface area contributed by atoms with Crippen LogP contribution in [-0.2, 0) is 22.7 Å². The van der Waals surface area contributed by atoms with E-state index in [4.69, 9.17) is 0 Å². The third kappa shape index (κ3) is 3.57. The van der Waals surface area contributed by atoms with E-state index in [2.05, 4.69) is 22.0 Å². The van der Waals surface area contributed by atoms with E-state index in [1.54, 1.807) is 4.90 Å². The predicted molar refractivity (Wildman–Crippen MR) is 107 cm³/mol. The van der Waals surface area contributed by atoms with Crippen LogP contribution in [0.25, 0.3) is 0 Å². The van der Waals surface area contributed by atoms with Gasteiger partial charge in [-0.3, -0.25) is 19.7 Å². The van der Waals surface area contributed by atoms with Gasteiger partial charge in [0, 0.05) is 31.1 Å². The smallest absolute Gasteiger partial charge is 0.255 e. The van der Waals surface area contributed by atoms with Crippen molar-refractivity contribution < 1.29 is 14.4 Å². The number of hydrogen-bond acceptors (Lipinski definition) is 5. The second kappa shape index (κ2) is 7.54. The highest BCUT2D eigenvalue weighted by atomic mass is 16.2. The van der Waals surface area contributed by atoms with Gasteiger partial charge >= 0.3 is 0 Å². The molecule has 154 valence electrons. The molecule has 2 saturated heterocycles. The first-order chi connectivity index (χ1) is 14.1. The number of hydrogen-bond donors (Lipinski definition) is 3. The zero-order chi connectivity index (χ0) is 20.0. The first kappa shape index (κ1) is 18.8. The van der Waals surface area contributed by atoms with Crippen LogP contribution in [0.2, 0.25) is 0 Å². The van der Waals surface area contributed by atoms with Gasteiger partial charge in [0.05, 0.1) is 0 Å². The highest BCUT2D eigenvalue weighted by Gasteiger charge is 2.40. The number of piperidine rings is 2. The van der Waals surface area contributed by atoms with E-state index in [-0.39, 0.29) is 24.1 Å². The zero-order valence-electron chi connectivity index (χ0n) is 16.6. The number of benzene rings is 1. The summed E-state index contributed by atoms with van der Waals surface area (Å²) in [5.74, 6) is 0.823. The molecule has 2 bridgehead atoms. The van der Waals surface area contributed by atoms with Crippen LogP contribution in [0.4, 0.5) is 0 Å². The summed E-state index contributed by atoms with van der Waals surface area (Å²) >= 11 is 0. The summed E-state index contributed by atoms with van der Waals surface area (Å²) in [4.78, 5) is 38.3. The number of nitrogens with zero attached hydrogens (tertiary/aromatic N) is 1. The summed E-state index contributed by atoms with van der Waals surface area (Å²) in [6, 6.07) is 5.84. The number of fused-ring (bicyclic) bond motifs is 3. The van der Waals surface area contributed by atoms with Crippen molar-refractivity contribution in [2.75, 3.05) is 13.1 Å². The minimum absolute atomic E-state index is 0.102. The number of amides is 3. The lowest BCUT2D eigenvalue weighted by Gasteiger charge is -2.39. The molecule has 0 aromatic heterocycles. The van der Waals surface area contributed by atoms with E-state index in [0.717, 1.165) is 42.6 Å². The molecule has 0 spiro atoms. The highest BCUT2D eigenvalue weighted by molar-refractivity contribution is 6.05. The molecule has 3 amide bonds. The number of nitrogens with one attached hydrogen (secondary N) is 3. The van der Waals surface area contributed by atoms with Crippen LogP contribution >= 0.6 is 0 Å². The minimum Gasteiger partial charge on any atom is -0.322 e. The second-order valence-electron chi connectivity index (χ2n) is 9.02. The summed E-state index contributed by atoms with van der Waals surface area (Å²) < 4.78 is 0. The summed E-state index contributed by atoms with van der Waals surface area (Å²) in [6.07, 6.45) is 4.45. The summed E-state index contributed by atoms with van der Waals surface area (Å²) in [5.41, 5.74) is 2.85. The van der Waals surface area contributed by atoms with Gasteiger partial charge in [-0.25, -0.2) is 0 Å². The average molecular weight is 396 g/mol. The molecule has 4 aliphatic rings. The monoisotopic (exact) mass is 396 g/mol. The summed E-state index contributed by atoms with van der Waals surface area (Å²) in [6.45, 7) is 3.45. The maximum Gasteiger partial charge on any atom is 0.255 e. The van der Waals surface area contributed by atoms with Gasteiger partial charge in [0.25, 0.3) is 5.91 Å². The van der Waals surface area contributed by atoms with Crippen molar-refractivity contribution in [3.05, 3.63) is 34.9 Å². The van der Waals surface area contributed by atoms with Crippen LogP contribution in [0.15, 0.2) is 18.2 Å². The van der Waals surface area contributed by atoms with E-state index < -0.39 is 6.04 Å². The first-order valence-electron chi connectivity index (χ1n) is 10.8. The predicted octanol–water partition coefficient (Wildman–Crippen LogP) is 0.925. The molecule has 7 nitrogen and oxygen atoms in total. The molecule has 3 fully saturated rings. The van der Waals surface area contributed by atoms with Crippen molar-refractivity contribution in [2.45, 2.75) is 57.3 Å². The fourth-order valence-corrected chi connectivity index (χ4v) is 5.63. The molecular weight excluding hydrogens is 368 g/mol. The zero-order valence-corrected chi connectivity index (χ0v) is 16.6. The molecule has 5 rings (SSSR count). The Balaban J connectivity index is 1.28. The fraction of sp³-hybridized carbons (Fsp3) is 0.591. The average Bonchev–Trinajstić information content (AvgIpc) is 3.03. The molecule has 1 aromatic carbocycles. The number of carbonyl (C=O) groups excluding carboxylic acids is 3. The lowest BCUT2D eigenvalue weighted by molar-refractivity contribution is -0.136. The van der Waals surface area contributed by atoms with Crippen LogP contribution in [0.1, 0.15) is 53.6 Å². The molecule has 7 heteroatoms. The fourth-order valence-electron chi connectivity index (χ4n) is 5.63. The Labute approximate surface area is 170 Å². The lowest BCUT2D eigenvalue weighted by Crippen LogP contribution is -2.52. The molecule has 0 radical (unpaired) electrons. The van der Waals surface area contributed by atoms with Gasteiger partial charge in [-0.05, 0) is 67.8 Å². The molecular formula is C22H28N4O3. The lowest BCUT2D eigenvalue weighted by atomic mass is 9.76. The van der Waals surface area contributed by atoms with Crippen molar-refractivity contribution in [1.82, 2.24) is 20.9 Å². The van der Waals surface area contributed by atoms with Crippen LogP contribution < -0.4 is 16.0 Å². The largest absolute Gasteiger partial charge is 0.322 e. The van der Waals surface area contributed by atoms with Gasteiger partial charge in [0.15, 0.2) is 0 Å². The van der Waals surface area contributed by atoms with Gasteiger partial charge in [-0.1, -0.05) is 12.1 Å². The van der Waals surface area contributed by atoms with E-state index in [1.807, 2.05) is 12.1 Å². The molecule has 1 saturated carbocycles. The van der Waals surface area contributed by atoms with E-state index in [0.29, 0.717) is 24.6 Å². The normalized spacial score (nSPS) is 31.6. The van der Waals surface area contributed by atoms with Crippen LogP contribution in [-0.4, -0.2) is 47.8 Å². The minimum atomic E-state index is -0.557. The number of carbonyl (C=O) groups is 3. The molecule has 3 heterocycles. The van der Waals surface area contributed by atoms with Crippen molar-refractivity contribution in [2.24, 2.45) is 11.8 Å². The van der Waals surface area contributed by atoms with Gasteiger partial charge < -0.3 is 15.5 Å². The van der Waals surface area contributed by atoms with Crippen molar-refractivity contribution >= 4 is 17.7 Å². The van der Waals surface area contributed by atoms with E-state index in [9.17, 15) is 14.4 Å². The quantitative estimate of drug-likeness (QED) is 0.659. The van der Waals surface area contributed by atoms with Crippen LogP contribution in [0.3, 0.4) is 0 Å². The molecule has 3 N–H and O–H groups in total. The maximum atomic E-state index is 12.9. The molecule has 1 aromatic rings. The third-order valence-corrected chi connectivity index (χ3v) is 7.03. The van der Waals surface area contributed by atoms with Crippen molar-refractivity contribution in [3.8, 4) is 0 Å². The molecule has 29 heavy (non-hydrogen) atoms. The number of imide groups is 1. The topological polar surface area (TPSA) is 90.5 Å². The molecule has 1 aliphatic carbocycles.